The lowest BCUT2D eigenvalue weighted by Crippen LogP contribution is -2.45. The lowest BCUT2D eigenvalue weighted by molar-refractivity contribution is -0.614. The van der Waals surface area contributed by atoms with Crippen molar-refractivity contribution in [2.45, 2.75) is 20.3 Å². The van der Waals surface area contributed by atoms with E-state index in [1.165, 1.54) is 7.11 Å². The Balaban J connectivity index is 2.36. The summed E-state index contributed by atoms with van der Waals surface area (Å²) in [6, 6.07) is 16.7. The van der Waals surface area contributed by atoms with Crippen LogP contribution in [-0.4, -0.2) is 18.1 Å². The first kappa shape index (κ1) is 17.6. The molecule has 3 aromatic rings. The number of carbonyl (C=O) groups is 1. The summed E-state index contributed by atoms with van der Waals surface area (Å²) in [5, 5.41) is 0. The van der Waals surface area contributed by atoms with E-state index >= 15 is 0 Å². The summed E-state index contributed by atoms with van der Waals surface area (Å²) in [5.74, 6) is 0.311. The van der Waals surface area contributed by atoms with Crippen LogP contribution < -0.4 is 10.1 Å². The van der Waals surface area contributed by atoms with Crippen molar-refractivity contribution >= 4 is 5.97 Å². The Morgan fingerprint density at radius 2 is 1.73 bits per heavy atom. The van der Waals surface area contributed by atoms with Gasteiger partial charge in [-0.1, -0.05) is 49.4 Å². The van der Waals surface area contributed by atoms with Crippen LogP contribution in [0.4, 0.5) is 0 Å². The van der Waals surface area contributed by atoms with Gasteiger partial charge in [0, 0.05) is 6.42 Å². The van der Waals surface area contributed by atoms with E-state index in [4.69, 9.17) is 4.74 Å². The number of aromatic nitrogens is 2. The number of para-hydroxylation sites is 1. The molecule has 0 saturated heterocycles. The van der Waals surface area contributed by atoms with E-state index in [1.54, 1.807) is 12.1 Å². The quantitative estimate of drug-likeness (QED) is 0.582. The van der Waals surface area contributed by atoms with Crippen LogP contribution in [0.15, 0.2) is 59.4 Å². The molecule has 0 fully saturated rings. The first-order valence-electron chi connectivity index (χ1n) is 8.49. The summed E-state index contributed by atoms with van der Waals surface area (Å²) in [6.07, 6.45) is 0.612. The van der Waals surface area contributed by atoms with Gasteiger partial charge < -0.3 is 4.74 Å². The predicted octanol–water partition coefficient (Wildman–Crippen LogP) is 2.98. The van der Waals surface area contributed by atoms with Gasteiger partial charge in [-0.2, -0.15) is 4.57 Å². The van der Waals surface area contributed by atoms with E-state index < -0.39 is 5.97 Å². The summed E-state index contributed by atoms with van der Waals surface area (Å²) in [6.45, 7) is 3.86. The number of rotatable bonds is 4. The number of carbonyl (C=O) groups excluding carboxylic acids is 1. The van der Waals surface area contributed by atoms with Gasteiger partial charge in [0.2, 0.25) is 0 Å². The molecule has 2 aromatic carbocycles. The Morgan fingerprint density at radius 3 is 2.38 bits per heavy atom. The summed E-state index contributed by atoms with van der Waals surface area (Å²) < 4.78 is 6.85. The molecule has 132 valence electrons. The third kappa shape index (κ3) is 3.04. The molecule has 0 atom stereocenters. The zero-order chi connectivity index (χ0) is 18.7. The van der Waals surface area contributed by atoms with Crippen LogP contribution in [0.2, 0.25) is 0 Å². The lowest BCUT2D eigenvalue weighted by Gasteiger charge is -2.13. The highest BCUT2D eigenvalue weighted by atomic mass is 16.5. The van der Waals surface area contributed by atoms with Crippen LogP contribution in [0.3, 0.4) is 0 Å². The number of esters is 1. The van der Waals surface area contributed by atoms with Gasteiger partial charge in [-0.15, -0.1) is 0 Å². The topological polar surface area (TPSA) is 63.0 Å². The van der Waals surface area contributed by atoms with E-state index in [1.807, 2.05) is 60.9 Å². The predicted molar refractivity (Wildman–Crippen MR) is 99.5 cm³/mol. The zero-order valence-electron chi connectivity index (χ0n) is 15.1. The number of hydrogen-bond donors (Lipinski definition) is 1. The van der Waals surface area contributed by atoms with Crippen LogP contribution in [0, 0.1) is 6.92 Å². The zero-order valence-corrected chi connectivity index (χ0v) is 15.1. The minimum absolute atomic E-state index is 0.141. The average molecular weight is 349 g/mol. The standard InChI is InChI=1S/C21H20N2O3/c1-4-18-22-20(24)19(15-10-6-5-7-11-15)14(2)23(18)17-13-9-8-12-16(17)21(25)26-3/h5-13H,4H2,1-3H3/p+1. The maximum Gasteiger partial charge on any atom is 0.343 e. The normalized spacial score (nSPS) is 10.6. The van der Waals surface area contributed by atoms with Crippen LogP contribution in [0.5, 0.6) is 0 Å². The van der Waals surface area contributed by atoms with E-state index in [9.17, 15) is 9.59 Å². The molecule has 3 rings (SSSR count). The number of aryl methyl sites for hydroxylation is 1. The van der Waals surface area contributed by atoms with Gasteiger partial charge in [-0.25, -0.2) is 14.6 Å². The molecule has 5 nitrogen and oxygen atoms in total. The smallest absolute Gasteiger partial charge is 0.343 e. The number of aromatic amines is 1. The van der Waals surface area contributed by atoms with Gasteiger partial charge in [0.15, 0.2) is 0 Å². The van der Waals surface area contributed by atoms with Crippen molar-refractivity contribution in [3.63, 3.8) is 0 Å². The van der Waals surface area contributed by atoms with E-state index in [0.717, 1.165) is 17.1 Å². The Hall–Kier alpha value is -3.21. The lowest BCUT2D eigenvalue weighted by atomic mass is 10.0. The van der Waals surface area contributed by atoms with Crippen LogP contribution in [0.25, 0.3) is 16.8 Å². The van der Waals surface area contributed by atoms with Crippen LogP contribution >= 0.6 is 0 Å². The first-order chi connectivity index (χ1) is 12.6. The molecule has 26 heavy (non-hydrogen) atoms. The summed E-state index contributed by atoms with van der Waals surface area (Å²) in [7, 11) is 1.36. The number of nitrogens with one attached hydrogen (secondary N) is 1. The van der Waals surface area contributed by atoms with Crippen LogP contribution in [-0.2, 0) is 11.2 Å². The van der Waals surface area contributed by atoms with Gasteiger partial charge in [-0.05, 0) is 24.6 Å². The molecule has 0 saturated carbocycles. The number of methoxy groups -OCH3 is 1. The fraction of sp³-hybridized carbons (Fsp3) is 0.190. The molecule has 0 unspecified atom stereocenters. The van der Waals surface area contributed by atoms with Crippen molar-refractivity contribution in [3.05, 3.63) is 82.0 Å². The van der Waals surface area contributed by atoms with E-state index in [0.29, 0.717) is 23.2 Å². The largest absolute Gasteiger partial charge is 0.465 e. The third-order valence-electron chi connectivity index (χ3n) is 4.40. The molecule has 1 N–H and O–H groups in total. The molecule has 0 aliphatic rings. The summed E-state index contributed by atoms with van der Waals surface area (Å²) in [4.78, 5) is 27.9. The summed E-state index contributed by atoms with van der Waals surface area (Å²) >= 11 is 0. The number of hydrogen-bond acceptors (Lipinski definition) is 3. The van der Waals surface area contributed by atoms with Gasteiger partial charge in [0.25, 0.3) is 5.82 Å². The van der Waals surface area contributed by atoms with Crippen molar-refractivity contribution in [3.8, 4) is 16.8 Å². The van der Waals surface area contributed by atoms with Crippen molar-refractivity contribution in [2.75, 3.05) is 7.11 Å². The van der Waals surface area contributed by atoms with Crippen molar-refractivity contribution in [1.29, 1.82) is 0 Å². The maximum absolute atomic E-state index is 12.7. The molecule has 0 radical (unpaired) electrons. The molecule has 1 heterocycles. The monoisotopic (exact) mass is 349 g/mol. The van der Waals surface area contributed by atoms with Gasteiger partial charge in [0.05, 0.1) is 7.11 Å². The molecular formula is C21H21N2O3+. The Kier molecular flexibility index (Phi) is 4.98. The second-order valence-corrected chi connectivity index (χ2v) is 5.92. The highest BCUT2D eigenvalue weighted by molar-refractivity contribution is 5.92. The minimum atomic E-state index is -0.415. The Labute approximate surface area is 151 Å². The second-order valence-electron chi connectivity index (χ2n) is 5.92. The highest BCUT2D eigenvalue weighted by Gasteiger charge is 2.25. The number of benzene rings is 2. The molecule has 0 bridgehead atoms. The molecule has 1 aromatic heterocycles. The van der Waals surface area contributed by atoms with Crippen molar-refractivity contribution in [1.82, 2.24) is 4.98 Å². The molecule has 0 aliphatic carbocycles. The van der Waals surface area contributed by atoms with E-state index in [2.05, 4.69) is 4.98 Å². The van der Waals surface area contributed by atoms with Crippen molar-refractivity contribution < 1.29 is 14.1 Å². The highest BCUT2D eigenvalue weighted by Crippen LogP contribution is 2.19. The molecule has 0 amide bonds. The number of ether oxygens (including phenoxy) is 1. The Bertz CT molecular complexity index is 1010. The first-order valence-corrected chi connectivity index (χ1v) is 8.49. The molecule has 0 aliphatic heterocycles. The second kappa shape index (κ2) is 7.35. The minimum Gasteiger partial charge on any atom is -0.465 e. The van der Waals surface area contributed by atoms with Gasteiger partial charge >= 0.3 is 11.5 Å². The van der Waals surface area contributed by atoms with Crippen molar-refractivity contribution in [2.24, 2.45) is 0 Å². The Morgan fingerprint density at radius 1 is 1.08 bits per heavy atom. The SMILES string of the molecule is CCc1[nH]c(=O)c(-c2ccccc2)c(C)[n+]1-c1ccccc1C(=O)OC. The number of nitrogens with zero attached hydrogens (tertiary/aromatic N) is 1. The molecule has 0 spiro atoms. The molecular weight excluding hydrogens is 328 g/mol. The average Bonchev–Trinajstić information content (AvgIpc) is 2.67. The van der Waals surface area contributed by atoms with Gasteiger partial charge in [-0.3, -0.25) is 0 Å². The fourth-order valence-corrected chi connectivity index (χ4v) is 3.20. The number of H-pyrrole nitrogens is 1. The molecule has 5 heteroatoms. The summed E-state index contributed by atoms with van der Waals surface area (Å²) in [5.41, 5.74) is 3.18. The van der Waals surface area contributed by atoms with Crippen LogP contribution in [0.1, 0.15) is 28.8 Å². The van der Waals surface area contributed by atoms with Gasteiger partial charge in [0.1, 0.15) is 22.5 Å². The fourth-order valence-electron chi connectivity index (χ4n) is 3.20. The van der Waals surface area contributed by atoms with E-state index in [-0.39, 0.29) is 5.56 Å². The maximum atomic E-state index is 12.7. The third-order valence-corrected chi connectivity index (χ3v) is 4.40.